The molecule has 1 rings (SSSR count). The van der Waals surface area contributed by atoms with E-state index in [0.717, 1.165) is 0 Å². The van der Waals surface area contributed by atoms with Crippen molar-refractivity contribution in [3.05, 3.63) is 29.8 Å². The van der Waals surface area contributed by atoms with E-state index in [1.54, 1.807) is 45.0 Å². The average Bonchev–Trinajstić information content (AvgIpc) is 2.56. The van der Waals surface area contributed by atoms with Gasteiger partial charge in [0.1, 0.15) is 5.75 Å². The molecular formula is C17H22N2O4. The lowest BCUT2D eigenvalue weighted by molar-refractivity contribution is -0.149. The van der Waals surface area contributed by atoms with E-state index in [2.05, 4.69) is 5.32 Å². The SMILES string of the molecule is CCC(CC)(CNC(=O)C(C)Oc1ccc(C#N)cc1)C(=O)O. The van der Waals surface area contributed by atoms with Crippen LogP contribution in [0.5, 0.6) is 5.75 Å². The maximum atomic E-state index is 12.1. The molecule has 1 atom stereocenters. The van der Waals surface area contributed by atoms with Crippen molar-refractivity contribution >= 4 is 11.9 Å². The van der Waals surface area contributed by atoms with E-state index in [0.29, 0.717) is 24.2 Å². The first-order chi connectivity index (χ1) is 10.9. The van der Waals surface area contributed by atoms with Crippen LogP contribution in [0.3, 0.4) is 0 Å². The van der Waals surface area contributed by atoms with Crippen molar-refractivity contribution in [2.24, 2.45) is 5.41 Å². The molecule has 1 aromatic carbocycles. The lowest BCUT2D eigenvalue weighted by atomic mass is 9.82. The smallest absolute Gasteiger partial charge is 0.311 e. The highest BCUT2D eigenvalue weighted by atomic mass is 16.5. The van der Waals surface area contributed by atoms with Crippen LogP contribution in [-0.2, 0) is 9.59 Å². The molecule has 0 radical (unpaired) electrons. The van der Waals surface area contributed by atoms with Gasteiger partial charge in [-0.05, 0) is 44.0 Å². The van der Waals surface area contributed by atoms with Gasteiger partial charge in [-0.2, -0.15) is 5.26 Å². The maximum Gasteiger partial charge on any atom is 0.311 e. The number of carbonyl (C=O) groups excluding carboxylic acids is 1. The molecule has 0 spiro atoms. The Balaban J connectivity index is 2.63. The lowest BCUT2D eigenvalue weighted by Crippen LogP contribution is -2.46. The first kappa shape index (κ1) is 18.5. The number of amides is 1. The summed E-state index contributed by atoms with van der Waals surface area (Å²) < 4.78 is 5.50. The number of nitriles is 1. The Morgan fingerprint density at radius 2 is 1.87 bits per heavy atom. The molecule has 0 aliphatic heterocycles. The van der Waals surface area contributed by atoms with Crippen molar-refractivity contribution in [2.75, 3.05) is 6.54 Å². The van der Waals surface area contributed by atoms with Crippen LogP contribution in [0.25, 0.3) is 0 Å². The second-order valence-electron chi connectivity index (χ2n) is 5.41. The number of nitrogens with one attached hydrogen (secondary N) is 1. The van der Waals surface area contributed by atoms with E-state index in [-0.39, 0.29) is 12.5 Å². The molecule has 0 aliphatic carbocycles. The number of benzene rings is 1. The molecule has 0 aromatic heterocycles. The zero-order chi connectivity index (χ0) is 17.5. The van der Waals surface area contributed by atoms with E-state index >= 15 is 0 Å². The van der Waals surface area contributed by atoms with Crippen molar-refractivity contribution in [3.8, 4) is 11.8 Å². The standard InChI is InChI=1S/C17H22N2O4/c1-4-17(5-2,16(21)22)11-19-15(20)12(3)23-14-8-6-13(10-18)7-9-14/h6-9,12H,4-5,11H2,1-3H3,(H,19,20)(H,21,22). The van der Waals surface area contributed by atoms with Gasteiger partial charge in [-0.25, -0.2) is 0 Å². The van der Waals surface area contributed by atoms with Crippen LogP contribution in [0.15, 0.2) is 24.3 Å². The van der Waals surface area contributed by atoms with Crippen molar-refractivity contribution in [1.29, 1.82) is 5.26 Å². The number of ether oxygens (including phenoxy) is 1. The molecule has 23 heavy (non-hydrogen) atoms. The molecule has 1 unspecified atom stereocenters. The third kappa shape index (κ3) is 4.71. The number of rotatable bonds is 8. The Labute approximate surface area is 136 Å². The Kier molecular flexibility index (Phi) is 6.58. The van der Waals surface area contributed by atoms with Gasteiger partial charge in [0.25, 0.3) is 5.91 Å². The summed E-state index contributed by atoms with van der Waals surface area (Å²) in [6, 6.07) is 8.43. The van der Waals surface area contributed by atoms with E-state index < -0.39 is 17.5 Å². The van der Waals surface area contributed by atoms with Crippen LogP contribution in [0, 0.1) is 16.7 Å². The van der Waals surface area contributed by atoms with Gasteiger partial charge in [-0.1, -0.05) is 13.8 Å². The number of aliphatic carboxylic acids is 1. The minimum absolute atomic E-state index is 0.0647. The molecule has 0 saturated carbocycles. The number of carboxylic acid groups (broad SMARTS) is 1. The summed E-state index contributed by atoms with van der Waals surface area (Å²) in [6.45, 7) is 5.24. The molecule has 0 aliphatic rings. The second-order valence-corrected chi connectivity index (χ2v) is 5.41. The Hall–Kier alpha value is -2.55. The quantitative estimate of drug-likeness (QED) is 0.766. The van der Waals surface area contributed by atoms with Gasteiger partial charge >= 0.3 is 5.97 Å². The van der Waals surface area contributed by atoms with Gasteiger partial charge in [0.15, 0.2) is 6.10 Å². The molecule has 2 N–H and O–H groups in total. The van der Waals surface area contributed by atoms with Gasteiger partial charge in [-0.3, -0.25) is 9.59 Å². The summed E-state index contributed by atoms with van der Waals surface area (Å²) in [5.74, 6) is -0.813. The molecule has 0 saturated heterocycles. The van der Waals surface area contributed by atoms with Gasteiger partial charge < -0.3 is 15.2 Å². The number of hydrogen-bond acceptors (Lipinski definition) is 4. The zero-order valence-corrected chi connectivity index (χ0v) is 13.6. The highest BCUT2D eigenvalue weighted by Crippen LogP contribution is 2.25. The molecule has 0 fully saturated rings. The summed E-state index contributed by atoms with van der Waals surface area (Å²) in [5.41, 5.74) is -0.448. The number of hydrogen-bond donors (Lipinski definition) is 2. The van der Waals surface area contributed by atoms with Crippen molar-refractivity contribution in [1.82, 2.24) is 5.32 Å². The summed E-state index contributed by atoms with van der Waals surface area (Å²) in [5, 5.41) is 20.7. The fourth-order valence-electron chi connectivity index (χ4n) is 2.14. The molecule has 0 heterocycles. The minimum atomic E-state index is -0.955. The summed E-state index contributed by atoms with van der Waals surface area (Å²) in [7, 11) is 0. The van der Waals surface area contributed by atoms with Gasteiger partial charge in [0.2, 0.25) is 0 Å². The topological polar surface area (TPSA) is 99.4 Å². The summed E-state index contributed by atoms with van der Waals surface area (Å²) >= 11 is 0. The number of carboxylic acids is 1. The van der Waals surface area contributed by atoms with Gasteiger partial charge in [-0.15, -0.1) is 0 Å². The predicted molar refractivity (Wildman–Crippen MR) is 84.9 cm³/mol. The molecule has 6 heteroatoms. The Morgan fingerprint density at radius 3 is 2.30 bits per heavy atom. The third-order valence-corrected chi connectivity index (χ3v) is 4.07. The van der Waals surface area contributed by atoms with Crippen LogP contribution < -0.4 is 10.1 Å². The van der Waals surface area contributed by atoms with Crippen LogP contribution in [-0.4, -0.2) is 29.6 Å². The Morgan fingerprint density at radius 1 is 1.30 bits per heavy atom. The first-order valence-electron chi connectivity index (χ1n) is 7.56. The average molecular weight is 318 g/mol. The molecule has 6 nitrogen and oxygen atoms in total. The second kappa shape index (κ2) is 8.18. The van der Waals surface area contributed by atoms with E-state index in [1.165, 1.54) is 0 Å². The van der Waals surface area contributed by atoms with E-state index in [1.807, 2.05) is 6.07 Å². The molecule has 124 valence electrons. The maximum absolute atomic E-state index is 12.1. The summed E-state index contributed by atoms with van der Waals surface area (Å²) in [6.07, 6.45) is 0.108. The highest BCUT2D eigenvalue weighted by Gasteiger charge is 2.35. The largest absolute Gasteiger partial charge is 0.481 e. The third-order valence-electron chi connectivity index (χ3n) is 4.07. The van der Waals surface area contributed by atoms with Crippen LogP contribution in [0.4, 0.5) is 0 Å². The number of carbonyl (C=O) groups is 2. The van der Waals surface area contributed by atoms with Crippen LogP contribution >= 0.6 is 0 Å². The van der Waals surface area contributed by atoms with E-state index in [4.69, 9.17) is 10.00 Å². The Bertz CT molecular complexity index is 586. The molecule has 1 aromatic rings. The van der Waals surface area contributed by atoms with Crippen molar-refractivity contribution in [3.63, 3.8) is 0 Å². The highest BCUT2D eigenvalue weighted by molar-refractivity contribution is 5.82. The molecule has 1 amide bonds. The number of nitrogens with zero attached hydrogens (tertiary/aromatic N) is 1. The van der Waals surface area contributed by atoms with Crippen molar-refractivity contribution < 1.29 is 19.4 Å². The van der Waals surface area contributed by atoms with Crippen molar-refractivity contribution in [2.45, 2.75) is 39.7 Å². The van der Waals surface area contributed by atoms with Crippen LogP contribution in [0.1, 0.15) is 39.2 Å². The monoisotopic (exact) mass is 318 g/mol. The van der Waals surface area contributed by atoms with Gasteiger partial charge in [0, 0.05) is 6.54 Å². The predicted octanol–water partition coefficient (Wildman–Crippen LogP) is 2.33. The van der Waals surface area contributed by atoms with Gasteiger partial charge in [0.05, 0.1) is 17.0 Å². The minimum Gasteiger partial charge on any atom is -0.481 e. The van der Waals surface area contributed by atoms with E-state index in [9.17, 15) is 14.7 Å². The molecular weight excluding hydrogens is 296 g/mol. The van der Waals surface area contributed by atoms with Crippen LogP contribution in [0.2, 0.25) is 0 Å². The molecule has 0 bridgehead atoms. The fourth-order valence-corrected chi connectivity index (χ4v) is 2.14. The normalized spacial score (nSPS) is 12.1. The fraction of sp³-hybridized carbons (Fsp3) is 0.471. The first-order valence-corrected chi connectivity index (χ1v) is 7.56. The summed E-state index contributed by atoms with van der Waals surface area (Å²) in [4.78, 5) is 23.5. The lowest BCUT2D eigenvalue weighted by Gasteiger charge is -2.27. The zero-order valence-electron chi connectivity index (χ0n) is 13.6.